The van der Waals surface area contributed by atoms with Gasteiger partial charge in [-0.05, 0) is 37.0 Å². The van der Waals surface area contributed by atoms with Crippen LogP contribution < -0.4 is 10.1 Å². The lowest BCUT2D eigenvalue weighted by Crippen LogP contribution is -2.27. The molecule has 94 valence electrons. The maximum Gasteiger partial charge on any atom is 0.255 e. The van der Waals surface area contributed by atoms with Crippen LogP contribution in [0.15, 0.2) is 12.1 Å². The molecule has 0 spiro atoms. The fourth-order valence-electron chi connectivity index (χ4n) is 1.79. The molecule has 0 aliphatic carbocycles. The summed E-state index contributed by atoms with van der Waals surface area (Å²) < 4.78 is 5.30. The number of nitrogens with one attached hydrogen (secondary N) is 1. The van der Waals surface area contributed by atoms with Crippen molar-refractivity contribution in [3.8, 4) is 5.75 Å². The molecule has 0 aliphatic heterocycles. The second kappa shape index (κ2) is 5.71. The fourth-order valence-corrected chi connectivity index (χ4v) is 1.79. The van der Waals surface area contributed by atoms with Crippen molar-refractivity contribution in [2.24, 2.45) is 5.92 Å². The zero-order valence-corrected chi connectivity index (χ0v) is 11.3. The lowest BCUT2D eigenvalue weighted by molar-refractivity contribution is 0.0945. The Morgan fingerprint density at radius 3 is 2.53 bits per heavy atom. The highest BCUT2D eigenvalue weighted by atomic mass is 16.5. The second-order valence-electron chi connectivity index (χ2n) is 4.77. The summed E-state index contributed by atoms with van der Waals surface area (Å²) in [5.41, 5.74) is 2.67. The smallest absolute Gasteiger partial charge is 0.255 e. The van der Waals surface area contributed by atoms with E-state index in [-0.39, 0.29) is 5.91 Å². The van der Waals surface area contributed by atoms with Crippen LogP contribution in [0.2, 0.25) is 0 Å². The maximum atomic E-state index is 12.0. The number of aryl methyl sites for hydroxylation is 2. The molecule has 1 aromatic carbocycles. The minimum absolute atomic E-state index is 0.0673. The lowest BCUT2D eigenvalue weighted by atomic mass is 10.0. The first kappa shape index (κ1) is 13.6. The summed E-state index contributed by atoms with van der Waals surface area (Å²) in [6.45, 7) is 8.74. The molecule has 1 aromatic rings. The number of rotatable bonds is 4. The Morgan fingerprint density at radius 1 is 1.35 bits per heavy atom. The predicted molar refractivity (Wildman–Crippen MR) is 69.6 cm³/mol. The van der Waals surface area contributed by atoms with Crippen molar-refractivity contribution in [1.29, 1.82) is 0 Å². The zero-order valence-electron chi connectivity index (χ0n) is 11.3. The van der Waals surface area contributed by atoms with Crippen molar-refractivity contribution >= 4 is 5.91 Å². The zero-order chi connectivity index (χ0) is 13.0. The predicted octanol–water partition coefficient (Wildman–Crippen LogP) is 2.70. The molecule has 0 aromatic heterocycles. The van der Waals surface area contributed by atoms with E-state index in [1.807, 2.05) is 26.0 Å². The lowest BCUT2D eigenvalue weighted by Gasteiger charge is -2.13. The largest absolute Gasteiger partial charge is 0.496 e. The highest BCUT2D eigenvalue weighted by Crippen LogP contribution is 2.24. The Balaban J connectivity index is 2.99. The molecule has 1 amide bonds. The van der Waals surface area contributed by atoms with Gasteiger partial charge in [0.25, 0.3) is 5.91 Å². The average Bonchev–Trinajstić information content (AvgIpc) is 2.24. The van der Waals surface area contributed by atoms with E-state index < -0.39 is 0 Å². The topological polar surface area (TPSA) is 38.3 Å². The molecule has 1 N–H and O–H groups in total. The number of hydrogen-bond donors (Lipinski definition) is 1. The van der Waals surface area contributed by atoms with Crippen LogP contribution in [0.1, 0.15) is 35.3 Å². The van der Waals surface area contributed by atoms with Crippen molar-refractivity contribution in [2.45, 2.75) is 27.7 Å². The van der Waals surface area contributed by atoms with Gasteiger partial charge < -0.3 is 10.1 Å². The van der Waals surface area contributed by atoms with Gasteiger partial charge in [-0.1, -0.05) is 19.9 Å². The molecule has 0 saturated carbocycles. The third-order valence-electron chi connectivity index (χ3n) is 2.54. The van der Waals surface area contributed by atoms with Gasteiger partial charge in [-0.2, -0.15) is 0 Å². The fraction of sp³-hybridized carbons (Fsp3) is 0.500. The number of carbonyl (C=O) groups is 1. The maximum absolute atomic E-state index is 12.0. The van der Waals surface area contributed by atoms with E-state index in [4.69, 9.17) is 4.74 Å². The minimum atomic E-state index is -0.0673. The van der Waals surface area contributed by atoms with Gasteiger partial charge in [0.05, 0.1) is 12.7 Å². The highest BCUT2D eigenvalue weighted by molar-refractivity contribution is 5.97. The van der Waals surface area contributed by atoms with Crippen LogP contribution >= 0.6 is 0 Å². The number of benzene rings is 1. The normalized spacial score (nSPS) is 10.5. The number of hydrogen-bond acceptors (Lipinski definition) is 2. The molecule has 0 bridgehead atoms. The first-order valence-corrected chi connectivity index (χ1v) is 5.89. The molecule has 1 rings (SSSR count). The second-order valence-corrected chi connectivity index (χ2v) is 4.77. The van der Waals surface area contributed by atoms with E-state index in [9.17, 15) is 4.79 Å². The molecular weight excluding hydrogens is 214 g/mol. The van der Waals surface area contributed by atoms with E-state index >= 15 is 0 Å². The van der Waals surface area contributed by atoms with Gasteiger partial charge in [0.2, 0.25) is 0 Å². The van der Waals surface area contributed by atoms with Crippen LogP contribution in [0.4, 0.5) is 0 Å². The van der Waals surface area contributed by atoms with Gasteiger partial charge in [-0.3, -0.25) is 4.79 Å². The molecule has 0 atom stereocenters. The van der Waals surface area contributed by atoms with Crippen molar-refractivity contribution in [2.75, 3.05) is 13.7 Å². The van der Waals surface area contributed by atoms with Crippen LogP contribution in [-0.2, 0) is 0 Å². The average molecular weight is 235 g/mol. The van der Waals surface area contributed by atoms with E-state index in [2.05, 4.69) is 19.2 Å². The summed E-state index contributed by atoms with van der Waals surface area (Å²) in [6, 6.07) is 3.87. The van der Waals surface area contributed by atoms with Crippen LogP contribution in [0.25, 0.3) is 0 Å². The quantitative estimate of drug-likeness (QED) is 0.871. The van der Waals surface area contributed by atoms with Crippen LogP contribution in [0.3, 0.4) is 0 Å². The van der Waals surface area contributed by atoms with Crippen molar-refractivity contribution < 1.29 is 9.53 Å². The van der Waals surface area contributed by atoms with Gasteiger partial charge in [0, 0.05) is 6.54 Å². The van der Waals surface area contributed by atoms with E-state index in [1.165, 1.54) is 0 Å². The molecule has 3 heteroatoms. The first-order valence-electron chi connectivity index (χ1n) is 5.89. The van der Waals surface area contributed by atoms with Gasteiger partial charge in [-0.25, -0.2) is 0 Å². The molecule has 0 unspecified atom stereocenters. The van der Waals surface area contributed by atoms with E-state index in [0.29, 0.717) is 23.8 Å². The molecule has 0 radical (unpaired) electrons. The third kappa shape index (κ3) is 3.48. The molecule has 0 saturated heterocycles. The Bertz CT molecular complexity index is 411. The number of amides is 1. The molecule has 0 fully saturated rings. The minimum Gasteiger partial charge on any atom is -0.496 e. The van der Waals surface area contributed by atoms with Crippen LogP contribution in [-0.4, -0.2) is 19.6 Å². The number of ether oxygens (including phenoxy) is 1. The van der Waals surface area contributed by atoms with Crippen molar-refractivity contribution in [3.63, 3.8) is 0 Å². The molecule has 0 heterocycles. The Hall–Kier alpha value is -1.51. The van der Waals surface area contributed by atoms with E-state index in [1.54, 1.807) is 7.11 Å². The molecule has 0 aliphatic rings. The Kier molecular flexibility index (Phi) is 4.55. The highest BCUT2D eigenvalue weighted by Gasteiger charge is 2.14. The molecular formula is C14H21NO2. The number of carbonyl (C=O) groups excluding carboxylic acids is 1. The molecule has 17 heavy (non-hydrogen) atoms. The van der Waals surface area contributed by atoms with Gasteiger partial charge in [0.1, 0.15) is 5.75 Å². The van der Waals surface area contributed by atoms with Crippen molar-refractivity contribution in [1.82, 2.24) is 5.32 Å². The molecule has 3 nitrogen and oxygen atoms in total. The standard InChI is InChI=1S/C14H21NO2/c1-9(2)8-15-14(16)12-7-10(3)6-11(4)13(12)17-5/h6-7,9H,8H2,1-5H3,(H,15,16). The van der Waals surface area contributed by atoms with Gasteiger partial charge in [-0.15, -0.1) is 0 Å². The summed E-state index contributed by atoms with van der Waals surface area (Å²) >= 11 is 0. The Labute approximate surface area is 103 Å². The Morgan fingerprint density at radius 2 is 2.00 bits per heavy atom. The third-order valence-corrected chi connectivity index (χ3v) is 2.54. The van der Waals surface area contributed by atoms with Crippen molar-refractivity contribution in [3.05, 3.63) is 28.8 Å². The van der Waals surface area contributed by atoms with Crippen LogP contribution in [0, 0.1) is 19.8 Å². The SMILES string of the molecule is COc1c(C)cc(C)cc1C(=O)NCC(C)C. The summed E-state index contributed by atoms with van der Waals surface area (Å²) in [5, 5.41) is 2.91. The monoisotopic (exact) mass is 235 g/mol. The van der Waals surface area contributed by atoms with Gasteiger partial charge in [0.15, 0.2) is 0 Å². The summed E-state index contributed by atoms with van der Waals surface area (Å²) in [5.74, 6) is 1.04. The summed E-state index contributed by atoms with van der Waals surface area (Å²) in [7, 11) is 1.59. The van der Waals surface area contributed by atoms with Crippen LogP contribution in [0.5, 0.6) is 5.75 Å². The number of methoxy groups -OCH3 is 1. The van der Waals surface area contributed by atoms with Gasteiger partial charge >= 0.3 is 0 Å². The summed E-state index contributed by atoms with van der Waals surface area (Å²) in [4.78, 5) is 12.0. The summed E-state index contributed by atoms with van der Waals surface area (Å²) in [6.07, 6.45) is 0. The first-order chi connectivity index (χ1) is 7.95. The van der Waals surface area contributed by atoms with E-state index in [0.717, 1.165) is 11.1 Å².